The van der Waals surface area contributed by atoms with E-state index in [0.29, 0.717) is 11.8 Å². The second-order valence-corrected chi connectivity index (χ2v) is 5.18. The van der Waals surface area contributed by atoms with Crippen LogP contribution in [-0.4, -0.2) is 17.6 Å². The molecule has 2 atom stereocenters. The van der Waals surface area contributed by atoms with Crippen LogP contribution in [0.25, 0.3) is 0 Å². The lowest BCUT2D eigenvalue weighted by Crippen LogP contribution is -2.26. The molecule has 1 aromatic rings. The van der Waals surface area contributed by atoms with Crippen molar-refractivity contribution in [3.63, 3.8) is 0 Å². The quantitative estimate of drug-likeness (QED) is 0.822. The summed E-state index contributed by atoms with van der Waals surface area (Å²) in [6.45, 7) is 7.93. The molecule has 2 heteroatoms. The molecule has 0 bridgehead atoms. The molecule has 0 amide bonds. The van der Waals surface area contributed by atoms with Gasteiger partial charge in [0.2, 0.25) is 0 Å². The van der Waals surface area contributed by atoms with Gasteiger partial charge in [0.15, 0.2) is 0 Å². The van der Waals surface area contributed by atoms with Crippen LogP contribution in [0.2, 0.25) is 0 Å². The third-order valence-electron chi connectivity index (χ3n) is 3.73. The van der Waals surface area contributed by atoms with Crippen LogP contribution in [0.5, 0.6) is 0 Å². The predicted octanol–water partition coefficient (Wildman–Crippen LogP) is 2.88. The Balaban J connectivity index is 1.94. The zero-order valence-electron chi connectivity index (χ0n) is 10.5. The van der Waals surface area contributed by atoms with Crippen molar-refractivity contribution < 1.29 is 0 Å². The molecule has 0 spiro atoms. The molecule has 1 aliphatic carbocycles. The van der Waals surface area contributed by atoms with Crippen LogP contribution in [0, 0.1) is 12.8 Å². The number of nitrogens with zero attached hydrogens (tertiary/aromatic N) is 1. The molecular formula is C14H22N2. The van der Waals surface area contributed by atoms with Crippen molar-refractivity contribution in [2.75, 3.05) is 6.54 Å². The first-order chi connectivity index (χ1) is 7.68. The Hall–Kier alpha value is -0.890. The molecule has 0 radical (unpaired) electrons. The van der Waals surface area contributed by atoms with Crippen LogP contribution >= 0.6 is 0 Å². The van der Waals surface area contributed by atoms with Gasteiger partial charge in [-0.15, -0.1) is 0 Å². The topological polar surface area (TPSA) is 24.9 Å². The molecule has 1 fully saturated rings. The molecule has 2 nitrogen and oxygen atoms in total. The van der Waals surface area contributed by atoms with E-state index in [4.69, 9.17) is 0 Å². The van der Waals surface area contributed by atoms with Gasteiger partial charge in [-0.3, -0.25) is 4.98 Å². The average molecular weight is 218 g/mol. The summed E-state index contributed by atoms with van der Waals surface area (Å²) in [5, 5.41) is 3.61. The van der Waals surface area contributed by atoms with Crippen molar-refractivity contribution in [3.05, 3.63) is 29.6 Å². The maximum absolute atomic E-state index is 4.24. The van der Waals surface area contributed by atoms with Crippen molar-refractivity contribution in [2.24, 2.45) is 5.92 Å². The maximum Gasteiger partial charge on any atom is 0.0305 e. The Labute approximate surface area is 98.5 Å². The van der Waals surface area contributed by atoms with Gasteiger partial charge in [0, 0.05) is 18.4 Å². The Kier molecular flexibility index (Phi) is 3.59. The first kappa shape index (κ1) is 11.6. The van der Waals surface area contributed by atoms with Gasteiger partial charge in [0.05, 0.1) is 0 Å². The fourth-order valence-corrected chi connectivity index (χ4v) is 2.08. The zero-order chi connectivity index (χ0) is 11.5. The summed E-state index contributed by atoms with van der Waals surface area (Å²) in [4.78, 5) is 4.24. The third-order valence-corrected chi connectivity index (χ3v) is 3.73. The molecule has 1 N–H and O–H groups in total. The number of pyridine rings is 1. The monoisotopic (exact) mass is 218 g/mol. The third kappa shape index (κ3) is 2.82. The summed E-state index contributed by atoms with van der Waals surface area (Å²) in [5.74, 6) is 1.25. The summed E-state index contributed by atoms with van der Waals surface area (Å²) >= 11 is 0. The molecule has 16 heavy (non-hydrogen) atoms. The highest BCUT2D eigenvalue weighted by Crippen LogP contribution is 2.26. The minimum absolute atomic E-state index is 0.583. The Morgan fingerprint density at radius 3 is 2.81 bits per heavy atom. The molecule has 2 unspecified atom stereocenters. The predicted molar refractivity (Wildman–Crippen MR) is 67.6 cm³/mol. The van der Waals surface area contributed by atoms with E-state index in [1.165, 1.54) is 24.0 Å². The van der Waals surface area contributed by atoms with Gasteiger partial charge < -0.3 is 5.32 Å². The summed E-state index contributed by atoms with van der Waals surface area (Å²) in [6, 6.07) is 2.91. The Morgan fingerprint density at radius 1 is 1.44 bits per heavy atom. The number of aromatic nitrogens is 1. The van der Waals surface area contributed by atoms with E-state index >= 15 is 0 Å². The van der Waals surface area contributed by atoms with Crippen LogP contribution in [0.3, 0.4) is 0 Å². The molecule has 0 aromatic carbocycles. The first-order valence-corrected chi connectivity index (χ1v) is 6.32. The van der Waals surface area contributed by atoms with E-state index in [1.54, 1.807) is 0 Å². The smallest absolute Gasteiger partial charge is 0.0305 e. The summed E-state index contributed by atoms with van der Waals surface area (Å²) in [7, 11) is 0. The van der Waals surface area contributed by atoms with E-state index in [2.05, 4.69) is 37.1 Å². The van der Waals surface area contributed by atoms with Crippen LogP contribution in [0.4, 0.5) is 0 Å². The Bertz CT molecular complexity index is 344. The average Bonchev–Trinajstić information content (AvgIpc) is 3.09. The molecule has 0 aliphatic heterocycles. The van der Waals surface area contributed by atoms with Crippen molar-refractivity contribution >= 4 is 0 Å². The SMILES string of the molecule is Cc1ccncc1C(C)C(C)CNC1CC1. The highest BCUT2D eigenvalue weighted by Gasteiger charge is 2.23. The number of aryl methyl sites for hydroxylation is 1. The maximum atomic E-state index is 4.24. The number of rotatable bonds is 5. The van der Waals surface area contributed by atoms with Crippen molar-refractivity contribution in [3.8, 4) is 0 Å². The minimum Gasteiger partial charge on any atom is -0.314 e. The minimum atomic E-state index is 0.583. The summed E-state index contributed by atoms with van der Waals surface area (Å²) in [6.07, 6.45) is 6.63. The van der Waals surface area contributed by atoms with Crippen molar-refractivity contribution in [1.29, 1.82) is 0 Å². The van der Waals surface area contributed by atoms with Gasteiger partial charge >= 0.3 is 0 Å². The molecule has 2 rings (SSSR count). The number of hydrogen-bond acceptors (Lipinski definition) is 2. The normalized spacial score (nSPS) is 19.4. The fraction of sp³-hybridized carbons (Fsp3) is 0.643. The highest BCUT2D eigenvalue weighted by atomic mass is 14.9. The van der Waals surface area contributed by atoms with E-state index in [1.807, 2.05) is 12.4 Å². The number of hydrogen-bond donors (Lipinski definition) is 1. The number of nitrogens with one attached hydrogen (secondary N) is 1. The second-order valence-electron chi connectivity index (χ2n) is 5.18. The lowest BCUT2D eigenvalue weighted by atomic mass is 9.87. The van der Waals surface area contributed by atoms with E-state index < -0.39 is 0 Å². The van der Waals surface area contributed by atoms with Crippen LogP contribution in [0.15, 0.2) is 18.5 Å². The molecule has 1 aliphatic rings. The molecule has 1 aromatic heterocycles. The van der Waals surface area contributed by atoms with E-state index in [-0.39, 0.29) is 0 Å². The van der Waals surface area contributed by atoms with Crippen LogP contribution in [-0.2, 0) is 0 Å². The fourth-order valence-electron chi connectivity index (χ4n) is 2.08. The summed E-state index contributed by atoms with van der Waals surface area (Å²) in [5.41, 5.74) is 2.76. The molecular weight excluding hydrogens is 196 g/mol. The van der Waals surface area contributed by atoms with Crippen LogP contribution < -0.4 is 5.32 Å². The molecule has 0 saturated heterocycles. The standard InChI is InChI=1S/C14H22N2/c1-10-6-7-15-9-14(10)12(3)11(2)8-16-13-4-5-13/h6-7,9,11-13,16H,4-5,8H2,1-3H3. The molecule has 88 valence electrons. The second kappa shape index (κ2) is 4.96. The van der Waals surface area contributed by atoms with Gasteiger partial charge in [-0.2, -0.15) is 0 Å². The largest absolute Gasteiger partial charge is 0.314 e. The van der Waals surface area contributed by atoms with Gasteiger partial charge in [0.25, 0.3) is 0 Å². The van der Waals surface area contributed by atoms with Gasteiger partial charge in [-0.05, 0) is 55.3 Å². The van der Waals surface area contributed by atoms with E-state index in [9.17, 15) is 0 Å². The van der Waals surface area contributed by atoms with Crippen LogP contribution in [0.1, 0.15) is 43.7 Å². The summed E-state index contributed by atoms with van der Waals surface area (Å²) < 4.78 is 0. The van der Waals surface area contributed by atoms with Gasteiger partial charge in [0.1, 0.15) is 0 Å². The molecule has 1 saturated carbocycles. The highest BCUT2D eigenvalue weighted by molar-refractivity contribution is 5.25. The zero-order valence-corrected chi connectivity index (χ0v) is 10.5. The van der Waals surface area contributed by atoms with Gasteiger partial charge in [-0.25, -0.2) is 0 Å². The van der Waals surface area contributed by atoms with Crippen molar-refractivity contribution in [1.82, 2.24) is 10.3 Å². The van der Waals surface area contributed by atoms with Gasteiger partial charge in [-0.1, -0.05) is 13.8 Å². The lowest BCUT2D eigenvalue weighted by molar-refractivity contribution is 0.444. The van der Waals surface area contributed by atoms with Crippen molar-refractivity contribution in [2.45, 2.75) is 45.6 Å². The first-order valence-electron chi connectivity index (χ1n) is 6.32. The lowest BCUT2D eigenvalue weighted by Gasteiger charge is -2.22. The Morgan fingerprint density at radius 2 is 2.19 bits per heavy atom. The van der Waals surface area contributed by atoms with E-state index in [0.717, 1.165) is 12.6 Å². The molecule has 1 heterocycles.